The van der Waals surface area contributed by atoms with Crippen LogP contribution in [-0.2, 0) is 9.57 Å². The summed E-state index contributed by atoms with van der Waals surface area (Å²) < 4.78 is 11.3. The second-order valence-corrected chi connectivity index (χ2v) is 7.34. The van der Waals surface area contributed by atoms with Gasteiger partial charge in [0.15, 0.2) is 0 Å². The predicted molar refractivity (Wildman–Crippen MR) is 112 cm³/mol. The van der Waals surface area contributed by atoms with Crippen molar-refractivity contribution in [1.82, 2.24) is 0 Å². The van der Waals surface area contributed by atoms with Crippen LogP contribution in [0.25, 0.3) is 0 Å². The third-order valence-corrected chi connectivity index (χ3v) is 5.18. The number of rotatable bonds is 13. The fourth-order valence-electron chi connectivity index (χ4n) is 2.52. The SMILES string of the molecule is C/C=C/COc1cc(C)c(SCCCCCOC/C(C)=N/OC)c(C)c1. The summed E-state index contributed by atoms with van der Waals surface area (Å²) in [6.07, 6.45) is 7.47. The third kappa shape index (κ3) is 9.30. The van der Waals surface area contributed by atoms with Crippen molar-refractivity contribution in [2.75, 3.05) is 32.7 Å². The first-order valence-corrected chi connectivity index (χ1v) is 10.2. The second-order valence-electron chi connectivity index (χ2n) is 6.24. The third-order valence-electron chi connectivity index (χ3n) is 3.75. The summed E-state index contributed by atoms with van der Waals surface area (Å²) in [5.41, 5.74) is 3.45. The number of nitrogens with zero attached hydrogens (tertiary/aromatic N) is 1. The maximum absolute atomic E-state index is 5.75. The van der Waals surface area contributed by atoms with Crippen molar-refractivity contribution in [2.45, 2.75) is 51.9 Å². The monoisotopic (exact) mass is 379 g/mol. The quantitative estimate of drug-likeness (QED) is 0.148. The van der Waals surface area contributed by atoms with Gasteiger partial charge in [-0.05, 0) is 69.5 Å². The molecule has 0 aromatic heterocycles. The normalized spacial score (nSPS) is 12.0. The van der Waals surface area contributed by atoms with Crippen molar-refractivity contribution < 1.29 is 14.3 Å². The molecule has 5 heteroatoms. The fourth-order valence-corrected chi connectivity index (χ4v) is 3.65. The molecule has 0 saturated carbocycles. The Bertz CT molecular complexity index is 562. The lowest BCUT2D eigenvalue weighted by Crippen LogP contribution is -2.06. The molecule has 1 aromatic rings. The Morgan fingerprint density at radius 1 is 1.15 bits per heavy atom. The van der Waals surface area contributed by atoms with Crippen LogP contribution in [0.5, 0.6) is 5.75 Å². The zero-order chi connectivity index (χ0) is 19.2. The molecule has 0 aliphatic heterocycles. The highest BCUT2D eigenvalue weighted by Crippen LogP contribution is 2.31. The summed E-state index contributed by atoms with van der Waals surface area (Å²) in [6.45, 7) is 10.2. The number of aryl methyl sites for hydroxylation is 2. The van der Waals surface area contributed by atoms with Crippen molar-refractivity contribution in [1.29, 1.82) is 0 Å². The highest BCUT2D eigenvalue weighted by atomic mass is 32.2. The fraction of sp³-hybridized carbons (Fsp3) is 0.571. The van der Waals surface area contributed by atoms with E-state index in [0.29, 0.717) is 13.2 Å². The Balaban J connectivity index is 2.25. The molecule has 0 aliphatic carbocycles. The molecular formula is C21H33NO3S. The van der Waals surface area contributed by atoms with E-state index in [4.69, 9.17) is 14.3 Å². The van der Waals surface area contributed by atoms with E-state index >= 15 is 0 Å². The van der Waals surface area contributed by atoms with Gasteiger partial charge in [-0.1, -0.05) is 23.7 Å². The smallest absolute Gasteiger partial charge is 0.120 e. The molecule has 1 aromatic carbocycles. The topological polar surface area (TPSA) is 40.0 Å². The summed E-state index contributed by atoms with van der Waals surface area (Å²) in [6, 6.07) is 4.27. The summed E-state index contributed by atoms with van der Waals surface area (Å²) in [4.78, 5) is 6.08. The number of hydrogen-bond acceptors (Lipinski definition) is 5. The van der Waals surface area contributed by atoms with E-state index in [1.54, 1.807) is 7.11 Å². The molecule has 4 nitrogen and oxygen atoms in total. The zero-order valence-corrected chi connectivity index (χ0v) is 17.7. The molecule has 0 N–H and O–H groups in total. The number of unbranched alkanes of at least 4 members (excludes halogenated alkanes) is 2. The van der Waals surface area contributed by atoms with Crippen LogP contribution >= 0.6 is 11.8 Å². The van der Waals surface area contributed by atoms with E-state index in [1.165, 1.54) is 28.9 Å². The van der Waals surface area contributed by atoms with E-state index in [1.807, 2.05) is 37.8 Å². The Morgan fingerprint density at radius 3 is 2.54 bits per heavy atom. The minimum Gasteiger partial charge on any atom is -0.490 e. The van der Waals surface area contributed by atoms with E-state index in [-0.39, 0.29) is 0 Å². The molecule has 26 heavy (non-hydrogen) atoms. The average Bonchev–Trinajstić information content (AvgIpc) is 2.59. The van der Waals surface area contributed by atoms with Gasteiger partial charge in [0.05, 0.1) is 12.3 Å². The summed E-state index contributed by atoms with van der Waals surface area (Å²) in [5, 5.41) is 3.82. The van der Waals surface area contributed by atoms with Gasteiger partial charge >= 0.3 is 0 Å². The van der Waals surface area contributed by atoms with Gasteiger partial charge in [0.2, 0.25) is 0 Å². The van der Waals surface area contributed by atoms with Crippen LogP contribution in [0.3, 0.4) is 0 Å². The van der Waals surface area contributed by atoms with Gasteiger partial charge in [-0.25, -0.2) is 0 Å². The van der Waals surface area contributed by atoms with Crippen molar-refractivity contribution in [3.05, 3.63) is 35.4 Å². The first-order chi connectivity index (χ1) is 12.6. The lowest BCUT2D eigenvalue weighted by Gasteiger charge is -2.12. The van der Waals surface area contributed by atoms with Crippen LogP contribution in [0.4, 0.5) is 0 Å². The highest BCUT2D eigenvalue weighted by molar-refractivity contribution is 7.99. The molecule has 0 amide bonds. The van der Waals surface area contributed by atoms with Crippen molar-refractivity contribution >= 4 is 17.5 Å². The average molecular weight is 380 g/mol. The predicted octanol–water partition coefficient (Wildman–Crippen LogP) is 5.56. The lowest BCUT2D eigenvalue weighted by molar-refractivity contribution is 0.158. The van der Waals surface area contributed by atoms with Crippen LogP contribution < -0.4 is 4.74 Å². The molecule has 0 spiro atoms. The molecule has 0 aliphatic rings. The molecular weight excluding hydrogens is 346 g/mol. The number of benzene rings is 1. The summed E-state index contributed by atoms with van der Waals surface area (Å²) in [7, 11) is 1.55. The van der Waals surface area contributed by atoms with E-state index < -0.39 is 0 Å². The molecule has 0 saturated heterocycles. The van der Waals surface area contributed by atoms with Crippen molar-refractivity contribution in [2.24, 2.45) is 5.16 Å². The Hall–Kier alpha value is -1.46. The molecule has 0 radical (unpaired) electrons. The van der Waals surface area contributed by atoms with E-state index in [9.17, 15) is 0 Å². The molecule has 146 valence electrons. The molecule has 0 atom stereocenters. The van der Waals surface area contributed by atoms with Crippen LogP contribution in [-0.4, -0.2) is 38.4 Å². The Labute approximate surface area is 163 Å². The largest absolute Gasteiger partial charge is 0.490 e. The van der Waals surface area contributed by atoms with E-state index in [2.05, 4.69) is 31.1 Å². The van der Waals surface area contributed by atoms with Gasteiger partial charge in [-0.15, -0.1) is 11.8 Å². The maximum atomic E-state index is 5.75. The molecule has 0 bridgehead atoms. The van der Waals surface area contributed by atoms with Crippen molar-refractivity contribution in [3.8, 4) is 5.75 Å². The summed E-state index contributed by atoms with van der Waals surface area (Å²) >= 11 is 1.94. The van der Waals surface area contributed by atoms with E-state index in [0.717, 1.165) is 30.2 Å². The van der Waals surface area contributed by atoms with Crippen molar-refractivity contribution in [3.63, 3.8) is 0 Å². The molecule has 0 unspecified atom stereocenters. The number of thioether (sulfide) groups is 1. The van der Waals surface area contributed by atoms with Crippen LogP contribution in [0, 0.1) is 13.8 Å². The lowest BCUT2D eigenvalue weighted by atomic mass is 10.1. The number of ether oxygens (including phenoxy) is 2. The van der Waals surface area contributed by atoms with Gasteiger partial charge in [-0.2, -0.15) is 0 Å². The molecule has 0 heterocycles. The Kier molecular flexibility index (Phi) is 11.9. The second kappa shape index (κ2) is 13.7. The minimum absolute atomic E-state index is 0.545. The minimum atomic E-state index is 0.545. The van der Waals surface area contributed by atoms with Gasteiger partial charge < -0.3 is 14.3 Å². The maximum Gasteiger partial charge on any atom is 0.120 e. The standard InChI is InChI=1S/C21H33NO3S/c1-6-7-12-25-20-14-17(2)21(18(3)15-20)26-13-10-8-9-11-24-16-19(4)22-23-5/h6-7,14-15H,8-13,16H2,1-5H3/b7-6+,22-19+. The molecule has 1 rings (SSSR count). The number of oxime groups is 1. The number of hydrogen-bond donors (Lipinski definition) is 0. The van der Waals surface area contributed by atoms with Gasteiger partial charge in [0.25, 0.3) is 0 Å². The molecule has 0 fully saturated rings. The van der Waals surface area contributed by atoms with Gasteiger partial charge in [0, 0.05) is 11.5 Å². The van der Waals surface area contributed by atoms with Gasteiger partial charge in [-0.3, -0.25) is 0 Å². The first-order valence-electron chi connectivity index (χ1n) is 9.20. The zero-order valence-electron chi connectivity index (χ0n) is 16.8. The van der Waals surface area contributed by atoms with Crippen LogP contribution in [0.15, 0.2) is 34.3 Å². The summed E-state index contributed by atoms with van der Waals surface area (Å²) in [5.74, 6) is 2.08. The van der Waals surface area contributed by atoms with Crippen LogP contribution in [0.1, 0.15) is 44.2 Å². The first kappa shape index (κ1) is 22.6. The Morgan fingerprint density at radius 2 is 1.88 bits per heavy atom. The van der Waals surface area contributed by atoms with Gasteiger partial charge in [0.1, 0.15) is 19.5 Å². The number of allylic oxidation sites excluding steroid dienone is 1. The van der Waals surface area contributed by atoms with Crippen LogP contribution in [0.2, 0.25) is 0 Å². The highest BCUT2D eigenvalue weighted by Gasteiger charge is 2.06.